The SMILES string of the molecule is C/C=C(\C)CCNCCCNCC1CC[C@H](n2cc(-c3ccn(SC)n3)c3cncnc32)C1. The molecule has 3 aromatic heterocycles. The second-order valence-electron chi connectivity index (χ2n) is 9.02. The van der Waals surface area contributed by atoms with Crippen LogP contribution in [-0.2, 0) is 0 Å². The molecular weight excluding hydrogens is 430 g/mol. The number of hydrogen-bond acceptors (Lipinski definition) is 6. The van der Waals surface area contributed by atoms with E-state index in [0.29, 0.717) is 6.04 Å². The van der Waals surface area contributed by atoms with Crippen LogP contribution >= 0.6 is 11.9 Å². The molecule has 1 unspecified atom stereocenters. The molecule has 0 amide bonds. The van der Waals surface area contributed by atoms with Crippen LogP contribution in [0.3, 0.4) is 0 Å². The summed E-state index contributed by atoms with van der Waals surface area (Å²) in [5.74, 6) is 0.721. The normalized spacial score (nSPS) is 19.1. The second-order valence-corrected chi connectivity index (χ2v) is 9.76. The van der Waals surface area contributed by atoms with Gasteiger partial charge in [0.05, 0.1) is 5.69 Å². The Kier molecular flexibility index (Phi) is 8.58. The Balaban J connectivity index is 1.28. The second kappa shape index (κ2) is 11.8. The smallest absolute Gasteiger partial charge is 0.144 e. The summed E-state index contributed by atoms with van der Waals surface area (Å²) in [6.07, 6.45) is 18.0. The zero-order valence-corrected chi connectivity index (χ0v) is 20.9. The Labute approximate surface area is 201 Å². The van der Waals surface area contributed by atoms with E-state index in [-0.39, 0.29) is 0 Å². The van der Waals surface area contributed by atoms with Gasteiger partial charge in [0.25, 0.3) is 0 Å². The maximum atomic E-state index is 4.69. The first-order chi connectivity index (χ1) is 16.2. The summed E-state index contributed by atoms with van der Waals surface area (Å²) in [5, 5.41) is 13.0. The van der Waals surface area contributed by atoms with Gasteiger partial charge in [0.1, 0.15) is 12.0 Å². The van der Waals surface area contributed by atoms with Crippen LogP contribution in [0.4, 0.5) is 0 Å². The molecule has 2 atom stereocenters. The zero-order chi connectivity index (χ0) is 23.0. The van der Waals surface area contributed by atoms with Gasteiger partial charge in [0, 0.05) is 41.8 Å². The number of rotatable bonds is 12. The molecule has 1 fully saturated rings. The highest BCUT2D eigenvalue weighted by molar-refractivity contribution is 7.97. The highest BCUT2D eigenvalue weighted by Crippen LogP contribution is 2.38. The predicted molar refractivity (Wildman–Crippen MR) is 138 cm³/mol. The van der Waals surface area contributed by atoms with Crippen LogP contribution in [0.15, 0.2) is 42.6 Å². The molecule has 0 aromatic carbocycles. The summed E-state index contributed by atoms with van der Waals surface area (Å²) in [5.41, 5.74) is 4.59. The van der Waals surface area contributed by atoms with Crippen molar-refractivity contribution in [2.45, 2.75) is 52.0 Å². The van der Waals surface area contributed by atoms with E-state index >= 15 is 0 Å². The van der Waals surface area contributed by atoms with E-state index in [1.54, 1.807) is 18.3 Å². The van der Waals surface area contributed by atoms with Crippen molar-refractivity contribution in [3.05, 3.63) is 42.6 Å². The van der Waals surface area contributed by atoms with Crippen LogP contribution < -0.4 is 10.6 Å². The fraction of sp³-hybridized carbons (Fsp3) is 0.560. The molecule has 3 aromatic rings. The van der Waals surface area contributed by atoms with Gasteiger partial charge in [-0.1, -0.05) is 11.6 Å². The van der Waals surface area contributed by atoms with Crippen molar-refractivity contribution in [2.75, 3.05) is 32.4 Å². The molecule has 0 bridgehead atoms. The molecule has 1 aliphatic carbocycles. The topological polar surface area (TPSA) is 72.6 Å². The minimum Gasteiger partial charge on any atom is -0.329 e. The molecule has 1 saturated carbocycles. The average Bonchev–Trinajstić information content (AvgIpc) is 3.58. The van der Waals surface area contributed by atoms with Gasteiger partial charge in [-0.25, -0.2) is 14.1 Å². The van der Waals surface area contributed by atoms with Gasteiger partial charge in [0.15, 0.2) is 0 Å². The maximum absolute atomic E-state index is 4.69. The first-order valence-electron chi connectivity index (χ1n) is 12.1. The molecule has 8 heteroatoms. The Bertz CT molecular complexity index is 1050. The van der Waals surface area contributed by atoms with Gasteiger partial charge in [-0.2, -0.15) is 5.10 Å². The third-order valence-corrected chi connectivity index (χ3v) is 7.34. The van der Waals surface area contributed by atoms with Crippen molar-refractivity contribution < 1.29 is 0 Å². The van der Waals surface area contributed by atoms with Crippen molar-refractivity contribution in [1.29, 1.82) is 0 Å². The van der Waals surface area contributed by atoms with E-state index in [2.05, 4.69) is 62.5 Å². The summed E-state index contributed by atoms with van der Waals surface area (Å²) in [6.45, 7) is 8.66. The van der Waals surface area contributed by atoms with Crippen molar-refractivity contribution >= 4 is 23.0 Å². The monoisotopic (exact) mass is 467 g/mol. The van der Waals surface area contributed by atoms with Gasteiger partial charge < -0.3 is 15.2 Å². The summed E-state index contributed by atoms with van der Waals surface area (Å²) in [7, 11) is 0. The standard InChI is InChI=1S/C25H37N7S/c1-4-19(2)8-12-26-10-5-11-27-15-20-6-7-21(14-20)31-17-23(22-16-28-18-29-25(22)31)24-9-13-32(30-24)33-3/h4,9,13,16-18,20-21,26-27H,5-8,10-12,14-15H2,1-3H3/b19-4+/t20?,21-/m0/s1. The van der Waals surface area contributed by atoms with Crippen molar-refractivity contribution in [3.63, 3.8) is 0 Å². The minimum atomic E-state index is 0.488. The van der Waals surface area contributed by atoms with Crippen LogP contribution in [0.25, 0.3) is 22.3 Å². The molecule has 7 nitrogen and oxygen atoms in total. The van der Waals surface area contributed by atoms with Gasteiger partial charge in [-0.15, -0.1) is 0 Å². The number of hydrogen-bond donors (Lipinski definition) is 2. The lowest BCUT2D eigenvalue weighted by Gasteiger charge is -2.15. The van der Waals surface area contributed by atoms with E-state index in [1.165, 1.54) is 31.3 Å². The molecule has 3 heterocycles. The van der Waals surface area contributed by atoms with E-state index in [0.717, 1.165) is 60.8 Å². The number of fused-ring (bicyclic) bond motifs is 1. The van der Waals surface area contributed by atoms with Crippen molar-refractivity contribution in [3.8, 4) is 11.3 Å². The van der Waals surface area contributed by atoms with Crippen LogP contribution in [0, 0.1) is 5.92 Å². The number of allylic oxidation sites excluding steroid dienone is 1. The molecule has 2 N–H and O–H groups in total. The maximum Gasteiger partial charge on any atom is 0.144 e. The lowest BCUT2D eigenvalue weighted by Crippen LogP contribution is -2.26. The number of nitrogens with zero attached hydrogens (tertiary/aromatic N) is 5. The Morgan fingerprint density at radius 3 is 2.94 bits per heavy atom. The van der Waals surface area contributed by atoms with Crippen LogP contribution in [0.1, 0.15) is 52.0 Å². The lowest BCUT2D eigenvalue weighted by atomic mass is 10.1. The van der Waals surface area contributed by atoms with Gasteiger partial charge in [-0.05, 0) is 96.1 Å². The van der Waals surface area contributed by atoms with Gasteiger partial charge in [0.2, 0.25) is 0 Å². The molecule has 0 radical (unpaired) electrons. The summed E-state index contributed by atoms with van der Waals surface area (Å²) < 4.78 is 4.26. The fourth-order valence-electron chi connectivity index (χ4n) is 4.71. The van der Waals surface area contributed by atoms with Gasteiger partial charge >= 0.3 is 0 Å². The molecule has 0 saturated heterocycles. The number of nitrogens with one attached hydrogen (secondary N) is 2. The molecule has 33 heavy (non-hydrogen) atoms. The zero-order valence-electron chi connectivity index (χ0n) is 20.1. The Morgan fingerprint density at radius 1 is 1.24 bits per heavy atom. The Hall–Kier alpha value is -2.16. The van der Waals surface area contributed by atoms with E-state index in [9.17, 15) is 0 Å². The van der Waals surface area contributed by atoms with Gasteiger partial charge in [-0.3, -0.25) is 0 Å². The average molecular weight is 468 g/mol. The lowest BCUT2D eigenvalue weighted by molar-refractivity contribution is 0.452. The molecule has 0 aliphatic heterocycles. The third-order valence-electron chi connectivity index (χ3n) is 6.76. The quantitative estimate of drug-likeness (QED) is 0.297. The summed E-state index contributed by atoms with van der Waals surface area (Å²) >= 11 is 1.59. The predicted octanol–water partition coefficient (Wildman–Crippen LogP) is 4.69. The summed E-state index contributed by atoms with van der Waals surface area (Å²) in [6, 6.07) is 2.56. The first kappa shape index (κ1) is 24.0. The van der Waals surface area contributed by atoms with E-state index < -0.39 is 0 Å². The molecule has 1 aliphatic rings. The van der Waals surface area contributed by atoms with Crippen molar-refractivity contribution in [2.24, 2.45) is 5.92 Å². The van der Waals surface area contributed by atoms with Crippen LogP contribution in [0.2, 0.25) is 0 Å². The molecular formula is C25H37N7S. The summed E-state index contributed by atoms with van der Waals surface area (Å²) in [4.78, 5) is 8.93. The molecule has 4 rings (SSSR count). The minimum absolute atomic E-state index is 0.488. The Morgan fingerprint density at radius 2 is 2.12 bits per heavy atom. The largest absolute Gasteiger partial charge is 0.329 e. The molecule has 0 spiro atoms. The van der Waals surface area contributed by atoms with Crippen LogP contribution in [-0.4, -0.2) is 56.2 Å². The molecule has 178 valence electrons. The first-order valence-corrected chi connectivity index (χ1v) is 13.3. The van der Waals surface area contributed by atoms with Crippen molar-refractivity contribution in [1.82, 2.24) is 34.4 Å². The van der Waals surface area contributed by atoms with E-state index in [1.807, 2.05) is 22.7 Å². The highest BCUT2D eigenvalue weighted by atomic mass is 32.2. The van der Waals surface area contributed by atoms with Crippen LogP contribution in [0.5, 0.6) is 0 Å². The highest BCUT2D eigenvalue weighted by Gasteiger charge is 2.28. The third kappa shape index (κ3) is 6.05. The number of aromatic nitrogens is 5. The fourth-order valence-corrected chi connectivity index (χ4v) is 5.06. The van der Waals surface area contributed by atoms with E-state index in [4.69, 9.17) is 0 Å².